The number of piperidine rings is 2. The molecule has 1 spiro atoms. The molecule has 1 unspecified atom stereocenters. The fourth-order valence-electron chi connectivity index (χ4n) is 4.28. The Kier molecular flexibility index (Phi) is 6.29. The summed E-state index contributed by atoms with van der Waals surface area (Å²) in [4.78, 5) is 28.8. The standard InChI is InChI=1S/C19H30N4O3/c1-26-11-10-23-15-19(8-6-18(23)25)7-3-9-22(14-19)17(24)5-2-4-16-12-20-21-13-16/h12-13H,2-11,14-15H2,1H3,(H,20,21). The first-order chi connectivity index (χ1) is 12.6. The number of hydrogen-bond donors (Lipinski definition) is 1. The minimum atomic E-state index is 0.0696. The molecule has 0 radical (unpaired) electrons. The van der Waals surface area contributed by atoms with Crippen LogP contribution in [0.5, 0.6) is 0 Å². The third kappa shape index (κ3) is 4.63. The van der Waals surface area contributed by atoms with Gasteiger partial charge < -0.3 is 14.5 Å². The molecule has 0 aliphatic carbocycles. The van der Waals surface area contributed by atoms with E-state index in [0.29, 0.717) is 26.0 Å². The van der Waals surface area contributed by atoms with Crippen molar-refractivity contribution in [3.8, 4) is 0 Å². The molecule has 26 heavy (non-hydrogen) atoms. The van der Waals surface area contributed by atoms with Crippen molar-refractivity contribution in [1.82, 2.24) is 20.0 Å². The molecule has 0 saturated carbocycles. The van der Waals surface area contributed by atoms with E-state index in [2.05, 4.69) is 10.2 Å². The van der Waals surface area contributed by atoms with Crippen LogP contribution in [0.25, 0.3) is 0 Å². The van der Waals surface area contributed by atoms with Crippen molar-refractivity contribution < 1.29 is 14.3 Å². The largest absolute Gasteiger partial charge is 0.383 e. The lowest BCUT2D eigenvalue weighted by Gasteiger charge is -2.48. The van der Waals surface area contributed by atoms with Crippen molar-refractivity contribution in [1.29, 1.82) is 0 Å². The van der Waals surface area contributed by atoms with E-state index in [-0.39, 0.29) is 17.2 Å². The maximum absolute atomic E-state index is 12.7. The SMILES string of the molecule is COCCN1CC2(CCCN(C(=O)CCCc3cn[nH]c3)C2)CCC1=O. The van der Waals surface area contributed by atoms with E-state index in [1.165, 1.54) is 0 Å². The molecule has 0 aromatic carbocycles. The zero-order valence-electron chi connectivity index (χ0n) is 15.7. The molecule has 2 aliphatic rings. The number of nitrogens with one attached hydrogen (secondary N) is 1. The van der Waals surface area contributed by atoms with Gasteiger partial charge in [0.2, 0.25) is 11.8 Å². The highest BCUT2D eigenvalue weighted by Crippen LogP contribution is 2.39. The van der Waals surface area contributed by atoms with Gasteiger partial charge in [0.15, 0.2) is 0 Å². The van der Waals surface area contributed by atoms with Gasteiger partial charge in [-0.15, -0.1) is 0 Å². The highest BCUT2D eigenvalue weighted by Gasteiger charge is 2.42. The minimum Gasteiger partial charge on any atom is -0.383 e. The fourth-order valence-corrected chi connectivity index (χ4v) is 4.28. The van der Waals surface area contributed by atoms with Gasteiger partial charge >= 0.3 is 0 Å². The van der Waals surface area contributed by atoms with Gasteiger partial charge in [0, 0.05) is 57.7 Å². The van der Waals surface area contributed by atoms with Crippen LogP contribution >= 0.6 is 0 Å². The number of nitrogens with zero attached hydrogens (tertiary/aromatic N) is 3. The lowest BCUT2D eigenvalue weighted by molar-refractivity contribution is -0.143. The molecule has 1 N–H and O–H groups in total. The van der Waals surface area contributed by atoms with Gasteiger partial charge in [0.1, 0.15) is 0 Å². The number of amides is 2. The van der Waals surface area contributed by atoms with Crippen molar-refractivity contribution in [2.45, 2.75) is 44.9 Å². The van der Waals surface area contributed by atoms with Crippen LogP contribution in [0.3, 0.4) is 0 Å². The van der Waals surface area contributed by atoms with E-state index in [0.717, 1.165) is 57.3 Å². The van der Waals surface area contributed by atoms with Crippen molar-refractivity contribution >= 4 is 11.8 Å². The minimum absolute atomic E-state index is 0.0696. The van der Waals surface area contributed by atoms with Crippen molar-refractivity contribution in [2.24, 2.45) is 5.41 Å². The second kappa shape index (κ2) is 8.66. The lowest BCUT2D eigenvalue weighted by atomic mass is 9.73. The Morgan fingerprint density at radius 2 is 2.27 bits per heavy atom. The number of likely N-dealkylation sites (tertiary alicyclic amines) is 2. The molecule has 2 saturated heterocycles. The molecule has 1 atom stereocenters. The number of carbonyl (C=O) groups excluding carboxylic acids is 2. The summed E-state index contributed by atoms with van der Waals surface area (Å²) in [7, 11) is 1.66. The normalized spacial score (nSPS) is 23.7. The average molecular weight is 362 g/mol. The first-order valence-corrected chi connectivity index (χ1v) is 9.64. The number of carbonyl (C=O) groups is 2. The predicted octanol–water partition coefficient (Wildman–Crippen LogP) is 1.61. The molecular formula is C19H30N4O3. The number of ether oxygens (including phenoxy) is 1. The summed E-state index contributed by atoms with van der Waals surface area (Å²) < 4.78 is 5.14. The zero-order valence-corrected chi connectivity index (χ0v) is 15.7. The average Bonchev–Trinajstić information content (AvgIpc) is 3.16. The smallest absolute Gasteiger partial charge is 0.222 e. The predicted molar refractivity (Wildman–Crippen MR) is 97.5 cm³/mol. The maximum Gasteiger partial charge on any atom is 0.222 e. The molecule has 3 rings (SSSR count). The molecule has 1 aromatic rings. The summed E-state index contributed by atoms with van der Waals surface area (Å²) >= 11 is 0. The maximum atomic E-state index is 12.7. The fraction of sp³-hybridized carbons (Fsp3) is 0.737. The highest BCUT2D eigenvalue weighted by atomic mass is 16.5. The van der Waals surface area contributed by atoms with E-state index in [1.54, 1.807) is 7.11 Å². The molecule has 2 fully saturated rings. The Hall–Kier alpha value is -1.89. The van der Waals surface area contributed by atoms with E-state index >= 15 is 0 Å². The van der Waals surface area contributed by atoms with Crippen LogP contribution in [0.15, 0.2) is 12.4 Å². The second-order valence-corrected chi connectivity index (χ2v) is 7.69. The van der Waals surface area contributed by atoms with Gasteiger partial charge in [-0.1, -0.05) is 0 Å². The van der Waals surface area contributed by atoms with E-state index in [1.807, 2.05) is 22.2 Å². The topological polar surface area (TPSA) is 78.5 Å². The van der Waals surface area contributed by atoms with E-state index in [4.69, 9.17) is 4.74 Å². The molecule has 1 aromatic heterocycles. The van der Waals surface area contributed by atoms with Crippen LogP contribution in [-0.2, 0) is 20.7 Å². The Morgan fingerprint density at radius 1 is 1.38 bits per heavy atom. The number of hydrogen-bond acceptors (Lipinski definition) is 4. The third-order valence-electron chi connectivity index (χ3n) is 5.74. The van der Waals surface area contributed by atoms with Gasteiger partial charge in [-0.3, -0.25) is 14.7 Å². The summed E-state index contributed by atoms with van der Waals surface area (Å²) in [5.74, 6) is 0.462. The molecule has 7 heteroatoms. The van der Waals surface area contributed by atoms with E-state index in [9.17, 15) is 9.59 Å². The summed E-state index contributed by atoms with van der Waals surface area (Å²) in [5.41, 5.74) is 1.22. The quantitative estimate of drug-likeness (QED) is 0.799. The van der Waals surface area contributed by atoms with Crippen molar-refractivity contribution in [3.05, 3.63) is 18.0 Å². The molecular weight excluding hydrogens is 332 g/mol. The monoisotopic (exact) mass is 362 g/mol. The number of methoxy groups -OCH3 is 1. The second-order valence-electron chi connectivity index (χ2n) is 7.69. The van der Waals surface area contributed by atoms with Crippen LogP contribution in [-0.4, -0.2) is 71.7 Å². The van der Waals surface area contributed by atoms with Gasteiger partial charge in [-0.2, -0.15) is 5.10 Å². The van der Waals surface area contributed by atoms with Crippen LogP contribution in [0.2, 0.25) is 0 Å². The Bertz CT molecular complexity index is 604. The molecule has 7 nitrogen and oxygen atoms in total. The zero-order chi connectivity index (χ0) is 18.4. The molecule has 144 valence electrons. The van der Waals surface area contributed by atoms with Crippen LogP contribution in [0.4, 0.5) is 0 Å². The Balaban J connectivity index is 1.52. The molecule has 0 bridgehead atoms. The highest BCUT2D eigenvalue weighted by molar-refractivity contribution is 5.78. The first kappa shape index (κ1) is 18.9. The number of rotatable bonds is 7. The van der Waals surface area contributed by atoms with Crippen LogP contribution in [0, 0.1) is 5.41 Å². The van der Waals surface area contributed by atoms with Gasteiger partial charge in [-0.05, 0) is 37.7 Å². The molecule has 3 heterocycles. The summed E-state index contributed by atoms with van der Waals surface area (Å²) in [5, 5.41) is 6.75. The first-order valence-electron chi connectivity index (χ1n) is 9.64. The number of aryl methyl sites for hydroxylation is 1. The Morgan fingerprint density at radius 3 is 3.04 bits per heavy atom. The Labute approximate surface area is 155 Å². The van der Waals surface area contributed by atoms with Crippen LogP contribution in [0.1, 0.15) is 44.1 Å². The summed E-state index contributed by atoms with van der Waals surface area (Å²) in [6.45, 7) is 3.61. The summed E-state index contributed by atoms with van der Waals surface area (Å²) in [6, 6.07) is 0. The van der Waals surface area contributed by atoms with Gasteiger partial charge in [-0.25, -0.2) is 0 Å². The number of H-pyrrole nitrogens is 1. The van der Waals surface area contributed by atoms with Crippen molar-refractivity contribution in [3.63, 3.8) is 0 Å². The van der Waals surface area contributed by atoms with Gasteiger partial charge in [0.05, 0.1) is 12.8 Å². The number of aromatic amines is 1. The summed E-state index contributed by atoms with van der Waals surface area (Å²) in [6.07, 6.45) is 9.61. The van der Waals surface area contributed by atoms with Crippen LogP contribution < -0.4 is 0 Å². The van der Waals surface area contributed by atoms with E-state index < -0.39 is 0 Å². The van der Waals surface area contributed by atoms with Crippen molar-refractivity contribution in [2.75, 3.05) is 39.9 Å². The molecule has 2 aliphatic heterocycles. The lowest BCUT2D eigenvalue weighted by Crippen LogP contribution is -2.55. The number of aromatic nitrogens is 2. The third-order valence-corrected chi connectivity index (χ3v) is 5.74. The van der Waals surface area contributed by atoms with Gasteiger partial charge in [0.25, 0.3) is 0 Å². The molecule has 2 amide bonds.